The summed E-state index contributed by atoms with van der Waals surface area (Å²) in [6, 6.07) is -0.761. The number of allylic oxidation sites excluding steroid dienone is 5. The van der Waals surface area contributed by atoms with Crippen LogP contribution in [0, 0.1) is 0 Å². The summed E-state index contributed by atoms with van der Waals surface area (Å²) in [5.41, 5.74) is 0. The Bertz CT molecular complexity index is 675. The standard InChI is InChI=1S/C38H71NO4/c1-3-5-7-9-11-13-15-17-18-20-22-24-26-28-30-32-37(42)36(34-40)39-38(43)33-35(41)31-29-27-25-23-21-19-16-14-12-10-8-6-4-2/h14,16,22,24,30,32,35-37,40-42H,3-13,15,17-21,23,25-29,31,33-34H2,1-2H3,(H,39,43)/b16-14-,24-22+,32-30+. The van der Waals surface area contributed by atoms with E-state index in [0.717, 1.165) is 44.9 Å². The molecule has 0 saturated heterocycles. The van der Waals surface area contributed by atoms with Crippen LogP contribution >= 0.6 is 0 Å². The van der Waals surface area contributed by atoms with Crippen LogP contribution in [0.25, 0.3) is 0 Å². The van der Waals surface area contributed by atoms with E-state index in [2.05, 4.69) is 43.5 Å². The lowest BCUT2D eigenvalue weighted by Crippen LogP contribution is -2.45. The van der Waals surface area contributed by atoms with Gasteiger partial charge in [0.15, 0.2) is 0 Å². The van der Waals surface area contributed by atoms with Crippen molar-refractivity contribution in [3.8, 4) is 0 Å². The van der Waals surface area contributed by atoms with Gasteiger partial charge in [0, 0.05) is 0 Å². The van der Waals surface area contributed by atoms with Crippen LogP contribution in [-0.4, -0.2) is 46.1 Å². The number of unbranched alkanes of at least 4 members (excludes halogenated alkanes) is 19. The van der Waals surface area contributed by atoms with E-state index >= 15 is 0 Å². The minimum absolute atomic E-state index is 0.000259. The molecule has 0 spiro atoms. The molecule has 0 aromatic carbocycles. The molecule has 0 bridgehead atoms. The van der Waals surface area contributed by atoms with Crippen LogP contribution < -0.4 is 5.32 Å². The third-order valence-corrected chi connectivity index (χ3v) is 8.15. The van der Waals surface area contributed by atoms with Crippen molar-refractivity contribution in [3.63, 3.8) is 0 Å². The quantitative estimate of drug-likeness (QED) is 0.0454. The molecule has 5 nitrogen and oxygen atoms in total. The molecule has 4 N–H and O–H groups in total. The average Bonchev–Trinajstić information content (AvgIpc) is 3.00. The molecule has 252 valence electrons. The van der Waals surface area contributed by atoms with Gasteiger partial charge in [-0.05, 0) is 57.8 Å². The summed E-state index contributed by atoms with van der Waals surface area (Å²) in [6.45, 7) is 4.16. The number of hydrogen-bond acceptors (Lipinski definition) is 4. The molecule has 0 rings (SSSR count). The van der Waals surface area contributed by atoms with Crippen molar-refractivity contribution in [1.82, 2.24) is 5.32 Å². The second kappa shape index (κ2) is 33.5. The highest BCUT2D eigenvalue weighted by molar-refractivity contribution is 5.76. The summed E-state index contributed by atoms with van der Waals surface area (Å²) in [5.74, 6) is -0.333. The Balaban J connectivity index is 3.82. The van der Waals surface area contributed by atoms with E-state index < -0.39 is 18.2 Å². The number of amides is 1. The summed E-state index contributed by atoms with van der Waals surface area (Å²) >= 11 is 0. The van der Waals surface area contributed by atoms with Gasteiger partial charge in [-0.15, -0.1) is 0 Å². The second-order valence-corrected chi connectivity index (χ2v) is 12.5. The van der Waals surface area contributed by atoms with Gasteiger partial charge >= 0.3 is 0 Å². The van der Waals surface area contributed by atoms with Crippen LogP contribution in [0.15, 0.2) is 36.5 Å². The van der Waals surface area contributed by atoms with Crippen molar-refractivity contribution in [1.29, 1.82) is 0 Å². The monoisotopic (exact) mass is 606 g/mol. The Morgan fingerprint density at radius 1 is 0.581 bits per heavy atom. The van der Waals surface area contributed by atoms with Crippen LogP contribution in [0.3, 0.4) is 0 Å². The molecule has 43 heavy (non-hydrogen) atoms. The third kappa shape index (κ3) is 30.4. The van der Waals surface area contributed by atoms with Crippen LogP contribution in [0.2, 0.25) is 0 Å². The summed E-state index contributed by atoms with van der Waals surface area (Å²) in [6.07, 6.45) is 39.8. The lowest BCUT2D eigenvalue weighted by atomic mass is 10.0. The predicted molar refractivity (Wildman–Crippen MR) is 185 cm³/mol. The van der Waals surface area contributed by atoms with E-state index in [9.17, 15) is 20.1 Å². The Hall–Kier alpha value is -1.43. The molecule has 0 heterocycles. The van der Waals surface area contributed by atoms with E-state index in [0.29, 0.717) is 6.42 Å². The van der Waals surface area contributed by atoms with Crippen LogP contribution in [-0.2, 0) is 4.79 Å². The molecule has 5 heteroatoms. The molecule has 0 aromatic heterocycles. The van der Waals surface area contributed by atoms with Crippen LogP contribution in [0.1, 0.15) is 174 Å². The number of aliphatic hydroxyl groups excluding tert-OH is 3. The van der Waals surface area contributed by atoms with Gasteiger partial charge in [0.25, 0.3) is 0 Å². The smallest absolute Gasteiger partial charge is 0.222 e. The van der Waals surface area contributed by atoms with Crippen molar-refractivity contribution in [2.75, 3.05) is 6.61 Å². The summed E-state index contributed by atoms with van der Waals surface area (Å²) in [4.78, 5) is 12.3. The molecule has 0 radical (unpaired) electrons. The fourth-order valence-electron chi connectivity index (χ4n) is 5.29. The second-order valence-electron chi connectivity index (χ2n) is 12.5. The Labute approximate surface area is 266 Å². The number of rotatable bonds is 32. The maximum absolute atomic E-state index is 12.3. The highest BCUT2D eigenvalue weighted by Gasteiger charge is 2.20. The van der Waals surface area contributed by atoms with Crippen molar-refractivity contribution in [2.24, 2.45) is 0 Å². The first kappa shape index (κ1) is 41.6. The van der Waals surface area contributed by atoms with Crippen molar-refractivity contribution in [2.45, 2.75) is 193 Å². The molecular weight excluding hydrogens is 534 g/mol. The zero-order valence-corrected chi connectivity index (χ0v) is 28.3. The molecule has 0 saturated carbocycles. The van der Waals surface area contributed by atoms with Gasteiger partial charge in [-0.3, -0.25) is 4.79 Å². The van der Waals surface area contributed by atoms with Crippen molar-refractivity contribution >= 4 is 5.91 Å². The van der Waals surface area contributed by atoms with Crippen LogP contribution in [0.4, 0.5) is 0 Å². The van der Waals surface area contributed by atoms with Gasteiger partial charge in [-0.2, -0.15) is 0 Å². The minimum Gasteiger partial charge on any atom is -0.394 e. The van der Waals surface area contributed by atoms with E-state index in [1.165, 1.54) is 103 Å². The summed E-state index contributed by atoms with van der Waals surface area (Å²) < 4.78 is 0. The first-order valence-corrected chi connectivity index (χ1v) is 18.3. The maximum Gasteiger partial charge on any atom is 0.222 e. The molecule has 1 amide bonds. The summed E-state index contributed by atoms with van der Waals surface area (Å²) in [5, 5.41) is 33.0. The molecular formula is C38H71NO4. The van der Waals surface area contributed by atoms with Gasteiger partial charge in [0.2, 0.25) is 5.91 Å². The van der Waals surface area contributed by atoms with E-state index in [4.69, 9.17) is 0 Å². The zero-order valence-electron chi connectivity index (χ0n) is 28.3. The van der Waals surface area contributed by atoms with Gasteiger partial charge in [0.1, 0.15) is 0 Å². The van der Waals surface area contributed by atoms with Gasteiger partial charge in [-0.1, -0.05) is 147 Å². The van der Waals surface area contributed by atoms with Gasteiger partial charge < -0.3 is 20.6 Å². The fourth-order valence-corrected chi connectivity index (χ4v) is 5.29. The zero-order chi connectivity index (χ0) is 31.6. The number of carbonyl (C=O) groups excluding carboxylic acids is 1. The first-order chi connectivity index (χ1) is 21.0. The fraction of sp³-hybridized carbons (Fsp3) is 0.816. The number of aliphatic hydroxyl groups is 3. The number of carbonyl (C=O) groups is 1. The first-order valence-electron chi connectivity index (χ1n) is 18.3. The molecule has 0 aliphatic carbocycles. The van der Waals surface area contributed by atoms with E-state index in [1.54, 1.807) is 6.08 Å². The highest BCUT2D eigenvalue weighted by atomic mass is 16.3. The SMILES string of the molecule is CCCCCC/C=C\CCCCCCCC(O)CC(=O)NC(CO)C(O)/C=C/CC/C=C/CCCCCCCCCCC. The topological polar surface area (TPSA) is 89.8 Å². The molecule has 0 aliphatic heterocycles. The van der Waals surface area contributed by atoms with Crippen molar-refractivity contribution in [3.05, 3.63) is 36.5 Å². The molecule has 0 aromatic rings. The van der Waals surface area contributed by atoms with Crippen molar-refractivity contribution < 1.29 is 20.1 Å². The average molecular weight is 606 g/mol. The normalized spacial score (nSPS) is 14.3. The van der Waals surface area contributed by atoms with Gasteiger partial charge in [0.05, 0.1) is 31.3 Å². The molecule has 0 fully saturated rings. The Morgan fingerprint density at radius 2 is 1.00 bits per heavy atom. The maximum atomic E-state index is 12.3. The number of hydrogen-bond donors (Lipinski definition) is 4. The molecule has 0 aliphatic rings. The predicted octanol–water partition coefficient (Wildman–Crippen LogP) is 9.65. The van der Waals surface area contributed by atoms with E-state index in [1.807, 2.05) is 6.08 Å². The molecule has 3 atom stereocenters. The Kier molecular flexibility index (Phi) is 32.3. The third-order valence-electron chi connectivity index (χ3n) is 8.15. The lowest BCUT2D eigenvalue weighted by molar-refractivity contribution is -0.124. The highest BCUT2D eigenvalue weighted by Crippen LogP contribution is 2.13. The van der Waals surface area contributed by atoms with E-state index in [-0.39, 0.29) is 18.9 Å². The summed E-state index contributed by atoms with van der Waals surface area (Å²) in [7, 11) is 0. The lowest BCUT2D eigenvalue weighted by Gasteiger charge is -2.20. The Morgan fingerprint density at radius 3 is 1.51 bits per heavy atom. The minimum atomic E-state index is -0.951. The largest absolute Gasteiger partial charge is 0.394 e. The van der Waals surface area contributed by atoms with Crippen LogP contribution in [0.5, 0.6) is 0 Å². The van der Waals surface area contributed by atoms with Gasteiger partial charge in [-0.25, -0.2) is 0 Å². The molecule has 3 unspecified atom stereocenters. The number of nitrogens with one attached hydrogen (secondary N) is 1.